The van der Waals surface area contributed by atoms with Gasteiger partial charge in [-0.2, -0.15) is 0 Å². The fourth-order valence-corrected chi connectivity index (χ4v) is 1.09. The van der Waals surface area contributed by atoms with Crippen LogP contribution in [0.3, 0.4) is 0 Å². The summed E-state index contributed by atoms with van der Waals surface area (Å²) < 4.78 is 5.48. The smallest absolute Gasteiger partial charge is 0.0593 e. The Labute approximate surface area is 93.8 Å². The normalized spacial score (nSPS) is 13.8. The van der Waals surface area contributed by atoms with Crippen molar-refractivity contribution in [3.63, 3.8) is 0 Å². The second-order valence-electron chi connectivity index (χ2n) is 4.36. The molecule has 1 N–H and O–H groups in total. The Morgan fingerprint density at radius 2 is 1.67 bits per heavy atom. The molecule has 0 amide bonds. The molecule has 0 bridgehead atoms. The van der Waals surface area contributed by atoms with Gasteiger partial charge in [-0.15, -0.1) is 0 Å². The molecule has 1 unspecified atom stereocenters. The van der Waals surface area contributed by atoms with Crippen LogP contribution in [0.4, 0.5) is 0 Å². The number of nitrogens with zero attached hydrogens (tertiary/aromatic N) is 2. The van der Waals surface area contributed by atoms with E-state index in [-0.39, 0.29) is 6.10 Å². The van der Waals surface area contributed by atoms with Crippen LogP contribution in [0.15, 0.2) is 0 Å². The van der Waals surface area contributed by atoms with Crippen LogP contribution in [0.2, 0.25) is 0 Å². The second-order valence-corrected chi connectivity index (χ2v) is 4.36. The summed E-state index contributed by atoms with van der Waals surface area (Å²) in [5, 5.41) is 9.11. The van der Waals surface area contributed by atoms with Gasteiger partial charge in [0.15, 0.2) is 0 Å². The summed E-state index contributed by atoms with van der Waals surface area (Å²) in [6.45, 7) is 6.20. The Bertz CT molecular complexity index is 141. The number of ether oxygens (including phenoxy) is 1. The van der Waals surface area contributed by atoms with E-state index in [0.29, 0.717) is 0 Å². The lowest BCUT2D eigenvalue weighted by Crippen LogP contribution is -2.27. The highest BCUT2D eigenvalue weighted by Gasteiger charge is 2.01. The number of hydrogen-bond donors (Lipinski definition) is 1. The molecule has 4 nitrogen and oxygen atoms in total. The van der Waals surface area contributed by atoms with Gasteiger partial charge in [0, 0.05) is 19.6 Å². The first-order valence-electron chi connectivity index (χ1n) is 5.61. The summed E-state index contributed by atoms with van der Waals surface area (Å²) >= 11 is 0. The van der Waals surface area contributed by atoms with Crippen molar-refractivity contribution in [1.29, 1.82) is 0 Å². The molecule has 0 saturated heterocycles. The lowest BCUT2D eigenvalue weighted by atomic mass is 10.3. The number of rotatable bonds is 9. The van der Waals surface area contributed by atoms with Gasteiger partial charge in [0.2, 0.25) is 0 Å². The first-order valence-corrected chi connectivity index (χ1v) is 5.61. The number of aliphatic hydroxyl groups excluding tert-OH is 1. The van der Waals surface area contributed by atoms with Crippen LogP contribution in [0.5, 0.6) is 0 Å². The molecule has 0 radical (unpaired) electrons. The van der Waals surface area contributed by atoms with Crippen molar-refractivity contribution < 1.29 is 9.84 Å². The van der Waals surface area contributed by atoms with Crippen LogP contribution in [0, 0.1) is 0 Å². The van der Waals surface area contributed by atoms with Crippen molar-refractivity contribution in [3.8, 4) is 0 Å². The summed E-state index contributed by atoms with van der Waals surface area (Å²) in [5.41, 5.74) is 0. The first kappa shape index (κ1) is 14.8. The predicted molar refractivity (Wildman–Crippen MR) is 63.2 cm³/mol. The maximum atomic E-state index is 9.11. The van der Waals surface area contributed by atoms with Gasteiger partial charge >= 0.3 is 0 Å². The fraction of sp³-hybridized carbons (Fsp3) is 1.00. The standard InChI is InChI=1S/C11H26N2O2/c1-11(14)5-6-13(4)8-10-15-9-7-12(2)3/h11,14H,5-10H2,1-4H3. The van der Waals surface area contributed by atoms with E-state index in [9.17, 15) is 0 Å². The molecule has 92 valence electrons. The first-order chi connectivity index (χ1) is 7.02. The fourth-order valence-electron chi connectivity index (χ4n) is 1.09. The van der Waals surface area contributed by atoms with Crippen LogP contribution in [0.25, 0.3) is 0 Å². The van der Waals surface area contributed by atoms with Gasteiger partial charge in [0.1, 0.15) is 0 Å². The van der Waals surface area contributed by atoms with Gasteiger partial charge in [-0.3, -0.25) is 0 Å². The van der Waals surface area contributed by atoms with E-state index in [1.165, 1.54) is 0 Å². The lowest BCUT2D eigenvalue weighted by molar-refractivity contribution is 0.0932. The molecular weight excluding hydrogens is 192 g/mol. The van der Waals surface area contributed by atoms with Gasteiger partial charge in [-0.25, -0.2) is 0 Å². The van der Waals surface area contributed by atoms with Crippen LogP contribution in [-0.4, -0.2) is 75.0 Å². The molecule has 0 fully saturated rings. The van der Waals surface area contributed by atoms with Crippen molar-refractivity contribution in [1.82, 2.24) is 9.80 Å². The molecule has 0 aromatic heterocycles. The van der Waals surface area contributed by atoms with E-state index >= 15 is 0 Å². The zero-order valence-electron chi connectivity index (χ0n) is 10.6. The van der Waals surface area contributed by atoms with Gasteiger partial charge < -0.3 is 19.6 Å². The molecule has 0 spiro atoms. The minimum atomic E-state index is -0.206. The van der Waals surface area contributed by atoms with Gasteiger partial charge in [-0.1, -0.05) is 0 Å². The summed E-state index contributed by atoms with van der Waals surface area (Å²) in [6.07, 6.45) is 0.621. The summed E-state index contributed by atoms with van der Waals surface area (Å²) in [4.78, 5) is 4.29. The molecule has 1 atom stereocenters. The van der Waals surface area contributed by atoms with E-state index in [4.69, 9.17) is 9.84 Å². The molecular formula is C11H26N2O2. The summed E-state index contributed by atoms with van der Waals surface area (Å²) in [6, 6.07) is 0. The van der Waals surface area contributed by atoms with E-state index in [1.807, 2.05) is 21.0 Å². The topological polar surface area (TPSA) is 35.9 Å². The molecule has 0 rings (SSSR count). The maximum absolute atomic E-state index is 9.11. The average Bonchev–Trinajstić information content (AvgIpc) is 2.13. The number of likely N-dealkylation sites (N-methyl/N-ethyl adjacent to an activating group) is 2. The van der Waals surface area contributed by atoms with Crippen LogP contribution in [-0.2, 0) is 4.74 Å². The summed E-state index contributed by atoms with van der Waals surface area (Å²) in [7, 11) is 6.13. The second kappa shape index (κ2) is 9.09. The third kappa shape index (κ3) is 11.8. The Kier molecular flexibility index (Phi) is 9.00. The molecule has 0 aliphatic rings. The highest BCUT2D eigenvalue weighted by molar-refractivity contribution is 4.54. The highest BCUT2D eigenvalue weighted by Crippen LogP contribution is 1.92. The monoisotopic (exact) mass is 218 g/mol. The Balaban J connectivity index is 3.20. The number of aliphatic hydroxyl groups is 1. The summed E-state index contributed by atoms with van der Waals surface area (Å²) in [5.74, 6) is 0. The largest absolute Gasteiger partial charge is 0.393 e. The van der Waals surface area contributed by atoms with Crippen LogP contribution >= 0.6 is 0 Å². The molecule has 15 heavy (non-hydrogen) atoms. The van der Waals surface area contributed by atoms with Gasteiger partial charge in [-0.05, 0) is 34.5 Å². The molecule has 0 saturated carbocycles. The molecule has 0 aliphatic heterocycles. The van der Waals surface area contributed by atoms with Crippen molar-refractivity contribution >= 4 is 0 Å². The SMILES string of the molecule is CC(O)CCN(C)CCOCCN(C)C. The molecule has 0 aliphatic carbocycles. The third-order valence-electron chi connectivity index (χ3n) is 2.23. The quantitative estimate of drug-likeness (QED) is 0.564. The predicted octanol–water partition coefficient (Wildman–Crippen LogP) is 0.267. The van der Waals surface area contributed by atoms with Crippen molar-refractivity contribution in [2.75, 3.05) is 54.0 Å². The van der Waals surface area contributed by atoms with E-state index in [0.717, 1.165) is 39.3 Å². The highest BCUT2D eigenvalue weighted by atomic mass is 16.5. The minimum absolute atomic E-state index is 0.206. The molecule has 0 heterocycles. The number of hydrogen-bond acceptors (Lipinski definition) is 4. The van der Waals surface area contributed by atoms with Gasteiger partial charge in [0.25, 0.3) is 0 Å². The van der Waals surface area contributed by atoms with Crippen LogP contribution < -0.4 is 0 Å². The lowest BCUT2D eigenvalue weighted by Gasteiger charge is -2.17. The van der Waals surface area contributed by atoms with Crippen LogP contribution in [0.1, 0.15) is 13.3 Å². The third-order valence-corrected chi connectivity index (χ3v) is 2.23. The minimum Gasteiger partial charge on any atom is -0.393 e. The molecule has 4 heteroatoms. The zero-order chi connectivity index (χ0) is 11.7. The Morgan fingerprint density at radius 1 is 1.07 bits per heavy atom. The van der Waals surface area contributed by atoms with E-state index < -0.39 is 0 Å². The van der Waals surface area contributed by atoms with Crippen molar-refractivity contribution in [2.45, 2.75) is 19.4 Å². The van der Waals surface area contributed by atoms with Crippen molar-refractivity contribution in [2.24, 2.45) is 0 Å². The maximum Gasteiger partial charge on any atom is 0.0593 e. The zero-order valence-corrected chi connectivity index (χ0v) is 10.6. The average molecular weight is 218 g/mol. The van der Waals surface area contributed by atoms with E-state index in [1.54, 1.807) is 0 Å². The van der Waals surface area contributed by atoms with E-state index in [2.05, 4.69) is 16.8 Å². The molecule has 0 aromatic carbocycles. The Hall–Kier alpha value is -0.160. The van der Waals surface area contributed by atoms with Gasteiger partial charge in [0.05, 0.1) is 19.3 Å². The Morgan fingerprint density at radius 3 is 2.20 bits per heavy atom. The van der Waals surface area contributed by atoms with Crippen molar-refractivity contribution in [3.05, 3.63) is 0 Å². The molecule has 0 aromatic rings.